The molecule has 4 heterocycles. The van der Waals surface area contributed by atoms with E-state index < -0.39 is 29.7 Å². The smallest absolute Gasteiger partial charge is 0.421 e. The topological polar surface area (TPSA) is 94.1 Å². The number of likely N-dealkylation sites (N-methyl/N-ethyl adjacent to an activating group) is 1. The zero-order chi connectivity index (χ0) is 27.0. The highest BCUT2D eigenvalue weighted by molar-refractivity contribution is 5.66. The number of piperazine rings is 1. The molecule has 9 nitrogen and oxygen atoms in total. The van der Waals surface area contributed by atoms with Crippen LogP contribution in [-0.2, 0) is 19.1 Å². The molecule has 2 fully saturated rings. The second-order valence-corrected chi connectivity index (χ2v) is 9.90. The molecular formula is C25H30F4N6O3. The normalized spacial score (nSPS) is 22.4. The summed E-state index contributed by atoms with van der Waals surface area (Å²) in [5.74, 6) is -1.33. The van der Waals surface area contributed by atoms with Crippen molar-refractivity contribution in [2.45, 2.75) is 44.1 Å². The number of ether oxygens (including phenoxy) is 1. The fourth-order valence-electron chi connectivity index (χ4n) is 5.58. The molecule has 3 aliphatic heterocycles. The van der Waals surface area contributed by atoms with Crippen LogP contribution in [0.25, 0.3) is 0 Å². The minimum absolute atomic E-state index is 0.0235. The Labute approximate surface area is 217 Å². The maximum atomic E-state index is 14.3. The van der Waals surface area contributed by atoms with E-state index in [-0.39, 0.29) is 43.8 Å². The zero-order valence-corrected chi connectivity index (χ0v) is 21.0. The molecule has 38 heavy (non-hydrogen) atoms. The molecule has 0 saturated carbocycles. The van der Waals surface area contributed by atoms with Crippen LogP contribution in [0.1, 0.15) is 41.4 Å². The van der Waals surface area contributed by atoms with E-state index in [1.54, 1.807) is 0 Å². The number of alkyl halides is 3. The molecule has 2 aromatic rings. The summed E-state index contributed by atoms with van der Waals surface area (Å²) in [6.45, 7) is 2.54. The quantitative estimate of drug-likeness (QED) is 0.561. The fraction of sp³-hybridized carbons (Fsp3) is 0.560. The summed E-state index contributed by atoms with van der Waals surface area (Å²) in [5, 5.41) is 13.0. The van der Waals surface area contributed by atoms with Crippen molar-refractivity contribution in [2.24, 2.45) is 0 Å². The van der Waals surface area contributed by atoms with E-state index in [9.17, 15) is 27.5 Å². The minimum Gasteiger partial charge on any atom is -0.465 e. The summed E-state index contributed by atoms with van der Waals surface area (Å²) in [6.07, 6.45) is -3.66. The van der Waals surface area contributed by atoms with Crippen molar-refractivity contribution in [3.05, 3.63) is 46.5 Å². The maximum absolute atomic E-state index is 14.3. The standard InChI is InChI=1S/C25H30F4N6O3/c1-33-9-3-4-15(33)14-38-23-31-18-13-34(19-6-2-5-17(26)21(19)25(27,28)29)10-7-16(18)22(32-23)20-12-30-8-11-35(20)24(36)37/h2,5-6,15,20,30H,3-4,7-14H2,1H3,(H,36,37)/t15-,20?/m0/s1. The van der Waals surface area contributed by atoms with Gasteiger partial charge in [0.2, 0.25) is 0 Å². The van der Waals surface area contributed by atoms with Crippen LogP contribution < -0.4 is 15.0 Å². The highest BCUT2D eigenvalue weighted by Crippen LogP contribution is 2.40. The Hall–Kier alpha value is -3.19. The van der Waals surface area contributed by atoms with Crippen molar-refractivity contribution < 1.29 is 32.2 Å². The van der Waals surface area contributed by atoms with Crippen LogP contribution in [0.4, 0.5) is 28.0 Å². The third kappa shape index (κ3) is 5.21. The van der Waals surface area contributed by atoms with Gasteiger partial charge in [-0.25, -0.2) is 9.18 Å². The van der Waals surface area contributed by atoms with Crippen LogP contribution in [0.2, 0.25) is 0 Å². The van der Waals surface area contributed by atoms with Crippen molar-refractivity contribution in [1.29, 1.82) is 0 Å². The van der Waals surface area contributed by atoms with Crippen molar-refractivity contribution in [1.82, 2.24) is 25.1 Å². The Balaban J connectivity index is 1.51. The number of rotatable bonds is 5. The monoisotopic (exact) mass is 538 g/mol. The molecule has 1 amide bonds. The van der Waals surface area contributed by atoms with Gasteiger partial charge in [-0.1, -0.05) is 6.07 Å². The summed E-state index contributed by atoms with van der Waals surface area (Å²) >= 11 is 0. The molecule has 1 aromatic heterocycles. The fourth-order valence-corrected chi connectivity index (χ4v) is 5.58. The van der Waals surface area contributed by atoms with Crippen molar-refractivity contribution in [3.8, 4) is 6.01 Å². The van der Waals surface area contributed by atoms with E-state index in [4.69, 9.17) is 4.74 Å². The molecule has 0 aliphatic carbocycles. The van der Waals surface area contributed by atoms with E-state index in [1.807, 2.05) is 7.05 Å². The second kappa shape index (κ2) is 10.5. The number of benzene rings is 1. The second-order valence-electron chi connectivity index (χ2n) is 9.90. The summed E-state index contributed by atoms with van der Waals surface area (Å²) < 4.78 is 61.5. The van der Waals surface area contributed by atoms with Gasteiger partial charge in [0.25, 0.3) is 0 Å². The molecule has 206 valence electrons. The van der Waals surface area contributed by atoms with E-state index >= 15 is 0 Å². The molecule has 13 heteroatoms. The number of nitrogens with zero attached hydrogens (tertiary/aromatic N) is 5. The molecule has 0 radical (unpaired) electrons. The van der Waals surface area contributed by atoms with Crippen molar-refractivity contribution >= 4 is 11.8 Å². The number of aromatic nitrogens is 2. The van der Waals surface area contributed by atoms with Gasteiger partial charge in [-0.05, 0) is 45.0 Å². The number of carboxylic acid groups (broad SMARTS) is 1. The van der Waals surface area contributed by atoms with Crippen LogP contribution in [-0.4, -0.2) is 83.4 Å². The Morgan fingerprint density at radius 2 is 2.05 bits per heavy atom. The van der Waals surface area contributed by atoms with Crippen LogP contribution in [0, 0.1) is 5.82 Å². The highest BCUT2D eigenvalue weighted by atomic mass is 19.4. The first-order valence-corrected chi connectivity index (χ1v) is 12.7. The van der Waals surface area contributed by atoms with Gasteiger partial charge in [0, 0.05) is 37.8 Å². The predicted molar refractivity (Wildman–Crippen MR) is 130 cm³/mol. The Kier molecular flexibility index (Phi) is 7.32. The largest absolute Gasteiger partial charge is 0.465 e. The van der Waals surface area contributed by atoms with Crippen molar-refractivity contribution in [2.75, 3.05) is 51.3 Å². The number of anilines is 1. The molecule has 1 unspecified atom stereocenters. The first kappa shape index (κ1) is 26.4. The molecular weight excluding hydrogens is 508 g/mol. The minimum atomic E-state index is -4.87. The summed E-state index contributed by atoms with van der Waals surface area (Å²) in [4.78, 5) is 26.1. The van der Waals surface area contributed by atoms with Gasteiger partial charge in [0.15, 0.2) is 0 Å². The number of carbonyl (C=O) groups is 1. The summed E-state index contributed by atoms with van der Waals surface area (Å²) in [5.41, 5.74) is 0.0620. The Bertz CT molecular complexity index is 1200. The van der Waals surface area contributed by atoms with Crippen LogP contribution in [0.5, 0.6) is 6.01 Å². The van der Waals surface area contributed by atoms with E-state index in [1.165, 1.54) is 21.9 Å². The number of likely N-dealkylation sites (tertiary alicyclic amines) is 1. The average Bonchev–Trinajstić information content (AvgIpc) is 3.30. The molecule has 5 rings (SSSR count). The van der Waals surface area contributed by atoms with Gasteiger partial charge >= 0.3 is 18.3 Å². The van der Waals surface area contributed by atoms with Crippen LogP contribution in [0.15, 0.2) is 18.2 Å². The number of halogens is 4. The third-order valence-corrected chi connectivity index (χ3v) is 7.57. The predicted octanol–water partition coefficient (Wildman–Crippen LogP) is 3.29. The lowest BCUT2D eigenvalue weighted by Crippen LogP contribution is -2.49. The first-order valence-electron chi connectivity index (χ1n) is 12.7. The SMILES string of the molecule is CN1CCC[C@H]1COc1nc2c(c(C3CNCCN3C(=O)O)n1)CCN(c1cccc(F)c1C(F)(F)F)C2. The summed E-state index contributed by atoms with van der Waals surface area (Å²) in [6, 6.07) is 2.96. The molecule has 2 saturated heterocycles. The van der Waals surface area contributed by atoms with Gasteiger partial charge in [0.1, 0.15) is 18.0 Å². The third-order valence-electron chi connectivity index (χ3n) is 7.57. The van der Waals surface area contributed by atoms with Crippen molar-refractivity contribution in [3.63, 3.8) is 0 Å². The van der Waals surface area contributed by atoms with E-state index in [2.05, 4.69) is 20.2 Å². The number of nitrogens with one attached hydrogen (secondary N) is 1. The maximum Gasteiger partial charge on any atom is 0.421 e. The molecule has 1 aromatic carbocycles. The lowest BCUT2D eigenvalue weighted by Gasteiger charge is -2.37. The highest BCUT2D eigenvalue weighted by Gasteiger charge is 2.40. The molecule has 0 bridgehead atoms. The summed E-state index contributed by atoms with van der Waals surface area (Å²) in [7, 11) is 2.01. The number of hydrogen-bond acceptors (Lipinski definition) is 7. The first-order chi connectivity index (χ1) is 18.1. The number of hydrogen-bond donors (Lipinski definition) is 2. The van der Waals surface area contributed by atoms with Gasteiger partial charge in [-0.2, -0.15) is 23.1 Å². The molecule has 2 atom stereocenters. The van der Waals surface area contributed by atoms with Gasteiger partial charge in [-0.3, -0.25) is 4.90 Å². The van der Waals surface area contributed by atoms with Gasteiger partial charge in [0.05, 0.1) is 29.7 Å². The van der Waals surface area contributed by atoms with Gasteiger partial charge < -0.3 is 25.0 Å². The Morgan fingerprint density at radius 3 is 2.76 bits per heavy atom. The average molecular weight is 539 g/mol. The van der Waals surface area contributed by atoms with E-state index in [0.29, 0.717) is 36.6 Å². The lowest BCUT2D eigenvalue weighted by atomic mass is 9.96. The molecule has 0 spiro atoms. The zero-order valence-electron chi connectivity index (χ0n) is 21.0. The van der Waals surface area contributed by atoms with Gasteiger partial charge in [-0.15, -0.1) is 0 Å². The number of amides is 1. The van der Waals surface area contributed by atoms with Crippen LogP contribution in [0.3, 0.4) is 0 Å². The lowest BCUT2D eigenvalue weighted by molar-refractivity contribution is -0.139. The molecule has 3 aliphatic rings. The Morgan fingerprint density at radius 1 is 1.24 bits per heavy atom. The van der Waals surface area contributed by atoms with E-state index in [0.717, 1.165) is 25.5 Å². The van der Waals surface area contributed by atoms with Crippen LogP contribution >= 0.6 is 0 Å². The number of fused-ring (bicyclic) bond motifs is 1. The molecule has 2 N–H and O–H groups in total.